The summed E-state index contributed by atoms with van der Waals surface area (Å²) in [5.74, 6) is -0.487. The highest BCUT2D eigenvalue weighted by Gasteiger charge is 2.06. The lowest BCUT2D eigenvalue weighted by molar-refractivity contribution is -0.134. The summed E-state index contributed by atoms with van der Waals surface area (Å²) < 4.78 is 5.00. The number of ether oxygens (including phenoxy) is 1. The first-order valence-electron chi connectivity index (χ1n) is 6.00. The van der Waals surface area contributed by atoms with Gasteiger partial charge in [-0.15, -0.1) is 0 Å². The summed E-state index contributed by atoms with van der Waals surface area (Å²) in [6.45, 7) is 2.05. The van der Waals surface area contributed by atoms with Crippen LogP contribution in [0.3, 0.4) is 0 Å². The van der Waals surface area contributed by atoms with Gasteiger partial charge < -0.3 is 14.9 Å². The van der Waals surface area contributed by atoms with Gasteiger partial charge in [0.1, 0.15) is 17.2 Å². The number of hydrogen-bond donors (Lipinski definition) is 2. The fraction of sp³-hybridized carbons (Fsp3) is 0.357. The summed E-state index contributed by atoms with van der Waals surface area (Å²) in [6, 6.07) is 3.75. The molecule has 0 aliphatic carbocycles. The van der Waals surface area contributed by atoms with Gasteiger partial charge in [0.25, 0.3) is 0 Å². The van der Waals surface area contributed by atoms with Crippen LogP contribution in [0, 0.1) is 0 Å². The quantitative estimate of drug-likeness (QED) is 0.352. The largest absolute Gasteiger partial charge is 0.508 e. The highest BCUT2D eigenvalue weighted by molar-refractivity contribution is 5.72. The minimum absolute atomic E-state index is 0.135. The lowest BCUT2D eigenvalue weighted by Crippen LogP contribution is -2.07. The molecule has 0 aromatic heterocycles. The van der Waals surface area contributed by atoms with Gasteiger partial charge in [0.2, 0.25) is 0 Å². The summed E-state index contributed by atoms with van der Waals surface area (Å²) in [4.78, 5) is 11.5. The van der Waals surface area contributed by atoms with Gasteiger partial charge in [-0.1, -0.05) is 19.1 Å². The molecule has 1 rings (SSSR count). The molecule has 4 heteroatoms. The molecule has 0 amide bonds. The van der Waals surface area contributed by atoms with Crippen molar-refractivity contribution < 1.29 is 19.7 Å². The van der Waals surface area contributed by atoms with Crippen LogP contribution in [-0.4, -0.2) is 16.2 Å². The molecule has 0 saturated carbocycles. The van der Waals surface area contributed by atoms with E-state index in [-0.39, 0.29) is 23.2 Å². The molecule has 18 heavy (non-hydrogen) atoms. The molecule has 0 fully saturated rings. The topological polar surface area (TPSA) is 66.8 Å². The lowest BCUT2D eigenvalue weighted by atomic mass is 10.2. The zero-order valence-corrected chi connectivity index (χ0v) is 10.4. The SMILES string of the molecule is CCC=CCCCC(=O)Oc1cc(O)cc(O)c1. The van der Waals surface area contributed by atoms with Crippen molar-refractivity contribution in [1.82, 2.24) is 0 Å². The normalized spacial score (nSPS) is 10.7. The molecule has 1 aromatic rings. The molecule has 0 unspecified atom stereocenters. The average Bonchev–Trinajstić information content (AvgIpc) is 2.27. The van der Waals surface area contributed by atoms with E-state index in [9.17, 15) is 15.0 Å². The number of rotatable bonds is 6. The highest BCUT2D eigenvalue weighted by atomic mass is 16.5. The molecule has 0 spiro atoms. The Morgan fingerprint density at radius 3 is 2.50 bits per heavy atom. The van der Waals surface area contributed by atoms with E-state index in [4.69, 9.17) is 4.74 Å². The van der Waals surface area contributed by atoms with E-state index in [1.807, 2.05) is 6.08 Å². The van der Waals surface area contributed by atoms with Crippen LogP contribution in [0.15, 0.2) is 30.4 Å². The number of aromatic hydroxyl groups is 2. The zero-order valence-electron chi connectivity index (χ0n) is 10.4. The van der Waals surface area contributed by atoms with E-state index in [0.29, 0.717) is 6.42 Å². The second-order valence-corrected chi connectivity index (χ2v) is 3.93. The van der Waals surface area contributed by atoms with E-state index in [1.165, 1.54) is 18.2 Å². The van der Waals surface area contributed by atoms with Crippen LogP contribution in [0.1, 0.15) is 32.6 Å². The minimum atomic E-state index is -0.370. The van der Waals surface area contributed by atoms with Gasteiger partial charge in [0, 0.05) is 24.6 Å². The first-order chi connectivity index (χ1) is 8.61. The van der Waals surface area contributed by atoms with E-state index < -0.39 is 0 Å². The predicted molar refractivity (Wildman–Crippen MR) is 68.7 cm³/mol. The molecular formula is C14H18O4. The molecule has 0 aliphatic heterocycles. The van der Waals surface area contributed by atoms with Crippen LogP contribution < -0.4 is 4.74 Å². The zero-order chi connectivity index (χ0) is 13.4. The van der Waals surface area contributed by atoms with Crippen LogP contribution in [0.25, 0.3) is 0 Å². The molecule has 0 aliphatic rings. The summed E-state index contributed by atoms with van der Waals surface area (Å²) in [5, 5.41) is 18.4. The van der Waals surface area contributed by atoms with Crippen molar-refractivity contribution in [3.63, 3.8) is 0 Å². The third-order valence-electron chi connectivity index (χ3n) is 2.26. The fourth-order valence-electron chi connectivity index (χ4n) is 1.46. The molecule has 4 nitrogen and oxygen atoms in total. The molecule has 0 saturated heterocycles. The van der Waals surface area contributed by atoms with Crippen molar-refractivity contribution in [3.05, 3.63) is 30.4 Å². The Kier molecular flexibility index (Phi) is 5.77. The highest BCUT2D eigenvalue weighted by Crippen LogP contribution is 2.26. The van der Waals surface area contributed by atoms with Gasteiger partial charge in [-0.3, -0.25) is 4.79 Å². The van der Waals surface area contributed by atoms with E-state index in [1.54, 1.807) is 0 Å². The molecule has 0 bridgehead atoms. The van der Waals surface area contributed by atoms with Crippen LogP contribution in [-0.2, 0) is 4.79 Å². The number of carbonyl (C=O) groups is 1. The Morgan fingerprint density at radius 1 is 1.22 bits per heavy atom. The molecular weight excluding hydrogens is 232 g/mol. The van der Waals surface area contributed by atoms with Crippen molar-refractivity contribution in [2.24, 2.45) is 0 Å². The summed E-state index contributed by atoms with van der Waals surface area (Å²) in [5.41, 5.74) is 0. The standard InChI is InChI=1S/C14H18O4/c1-2-3-4-5-6-7-14(17)18-13-9-11(15)8-12(16)10-13/h3-4,8-10,15-16H,2,5-7H2,1H3. The monoisotopic (exact) mass is 250 g/mol. The van der Waals surface area contributed by atoms with Gasteiger partial charge in [-0.2, -0.15) is 0 Å². The van der Waals surface area contributed by atoms with Gasteiger partial charge in [-0.05, 0) is 19.3 Å². The molecule has 0 heterocycles. The maximum Gasteiger partial charge on any atom is 0.311 e. The van der Waals surface area contributed by atoms with Crippen LogP contribution in [0.5, 0.6) is 17.2 Å². The maximum atomic E-state index is 11.5. The number of hydrogen-bond acceptors (Lipinski definition) is 4. The lowest BCUT2D eigenvalue weighted by Gasteiger charge is -2.04. The van der Waals surface area contributed by atoms with Crippen LogP contribution in [0.4, 0.5) is 0 Å². The predicted octanol–water partition coefficient (Wildman–Crippen LogP) is 3.14. The van der Waals surface area contributed by atoms with Gasteiger partial charge in [0.15, 0.2) is 0 Å². The van der Waals surface area contributed by atoms with Gasteiger partial charge in [-0.25, -0.2) is 0 Å². The molecule has 0 atom stereocenters. The van der Waals surface area contributed by atoms with Crippen molar-refractivity contribution >= 4 is 5.97 Å². The average molecular weight is 250 g/mol. The number of phenols is 2. The third-order valence-corrected chi connectivity index (χ3v) is 2.26. The number of carbonyl (C=O) groups excluding carboxylic acids is 1. The fourth-order valence-corrected chi connectivity index (χ4v) is 1.46. The van der Waals surface area contributed by atoms with Gasteiger partial charge >= 0.3 is 5.97 Å². The first-order valence-corrected chi connectivity index (χ1v) is 6.00. The van der Waals surface area contributed by atoms with Crippen molar-refractivity contribution in [1.29, 1.82) is 0 Å². The number of esters is 1. The second-order valence-electron chi connectivity index (χ2n) is 3.93. The van der Waals surface area contributed by atoms with E-state index in [2.05, 4.69) is 13.0 Å². The summed E-state index contributed by atoms with van der Waals surface area (Å²) in [7, 11) is 0. The van der Waals surface area contributed by atoms with Crippen molar-refractivity contribution in [2.75, 3.05) is 0 Å². The Morgan fingerprint density at radius 2 is 1.89 bits per heavy atom. The Bertz CT molecular complexity index is 404. The maximum absolute atomic E-state index is 11.5. The minimum Gasteiger partial charge on any atom is -0.508 e. The number of allylic oxidation sites excluding steroid dienone is 2. The second kappa shape index (κ2) is 7.37. The summed E-state index contributed by atoms with van der Waals surface area (Å²) in [6.07, 6.45) is 6.96. The van der Waals surface area contributed by atoms with Crippen LogP contribution in [0.2, 0.25) is 0 Å². The van der Waals surface area contributed by atoms with Crippen molar-refractivity contribution in [3.8, 4) is 17.2 Å². The Balaban J connectivity index is 2.37. The number of unbranched alkanes of at least 4 members (excludes halogenated alkanes) is 1. The van der Waals surface area contributed by atoms with Crippen molar-refractivity contribution in [2.45, 2.75) is 32.6 Å². The first kappa shape index (κ1) is 14.1. The number of phenolic OH excluding ortho intramolecular Hbond substituents is 2. The molecule has 2 N–H and O–H groups in total. The molecule has 1 aromatic carbocycles. The Labute approximate surface area is 107 Å². The smallest absolute Gasteiger partial charge is 0.311 e. The summed E-state index contributed by atoms with van der Waals surface area (Å²) >= 11 is 0. The van der Waals surface area contributed by atoms with Crippen LogP contribution >= 0.6 is 0 Å². The molecule has 98 valence electrons. The van der Waals surface area contributed by atoms with Gasteiger partial charge in [0.05, 0.1) is 0 Å². The van der Waals surface area contributed by atoms with E-state index >= 15 is 0 Å². The Hall–Kier alpha value is -1.97. The number of benzene rings is 1. The molecule has 0 radical (unpaired) electrons. The van der Waals surface area contributed by atoms with E-state index in [0.717, 1.165) is 19.3 Å². The third kappa shape index (κ3) is 5.39.